The van der Waals surface area contributed by atoms with Crippen LogP contribution in [0.3, 0.4) is 0 Å². The Bertz CT molecular complexity index is 855. The van der Waals surface area contributed by atoms with Crippen LogP contribution in [0.25, 0.3) is 0 Å². The Morgan fingerprint density at radius 2 is 2.04 bits per heavy atom. The summed E-state index contributed by atoms with van der Waals surface area (Å²) in [5.74, 6) is 3.78. The van der Waals surface area contributed by atoms with Crippen molar-refractivity contribution in [2.24, 2.45) is 4.99 Å². The summed E-state index contributed by atoms with van der Waals surface area (Å²) in [5, 5.41) is 5.87. The van der Waals surface area contributed by atoms with E-state index in [4.69, 9.17) is 11.2 Å². The fourth-order valence-electron chi connectivity index (χ4n) is 2.60. The van der Waals surface area contributed by atoms with E-state index in [0.717, 1.165) is 11.3 Å². The normalized spacial score (nSPS) is 10.7. The van der Waals surface area contributed by atoms with Crippen LogP contribution >= 0.6 is 0 Å². The van der Waals surface area contributed by atoms with Gasteiger partial charge in [-0.3, -0.25) is 9.79 Å². The Morgan fingerprint density at radius 1 is 1.26 bits per heavy atom. The Morgan fingerprint density at radius 3 is 2.74 bits per heavy atom. The van der Waals surface area contributed by atoms with Gasteiger partial charge in [0.15, 0.2) is 5.96 Å². The van der Waals surface area contributed by atoms with Crippen LogP contribution < -0.4 is 15.4 Å². The maximum Gasteiger partial charge on any atom is 0.243 e. The van der Waals surface area contributed by atoms with Gasteiger partial charge >= 0.3 is 0 Å². The van der Waals surface area contributed by atoms with Gasteiger partial charge in [-0.2, -0.15) is 0 Å². The van der Waals surface area contributed by atoms with Gasteiger partial charge in [-0.1, -0.05) is 30.2 Å². The first kappa shape index (κ1) is 19.9. The van der Waals surface area contributed by atoms with Gasteiger partial charge in [0.05, 0.1) is 13.7 Å². The number of aliphatic imine (C=N–C) groups is 1. The molecule has 0 aliphatic heterocycles. The number of terminal acetylenes is 1. The van der Waals surface area contributed by atoms with E-state index in [-0.39, 0.29) is 12.5 Å². The number of carbonyl (C=O) groups excluding carboxylic acids is 1. The summed E-state index contributed by atoms with van der Waals surface area (Å²) in [6.07, 6.45) is 5.38. The average Bonchev–Trinajstić information content (AvgIpc) is 2.69. The number of hydrogen-bond donors (Lipinski definition) is 2. The van der Waals surface area contributed by atoms with Gasteiger partial charge < -0.3 is 20.3 Å². The highest BCUT2D eigenvalue weighted by atomic mass is 16.5. The van der Waals surface area contributed by atoms with E-state index in [9.17, 15) is 4.79 Å². The minimum absolute atomic E-state index is 0.0865. The van der Waals surface area contributed by atoms with E-state index >= 15 is 0 Å². The minimum atomic E-state index is -0.184. The summed E-state index contributed by atoms with van der Waals surface area (Å²) < 4.78 is 5.38. The lowest BCUT2D eigenvalue weighted by Crippen LogP contribution is -2.42. The van der Waals surface area contributed by atoms with E-state index in [1.165, 1.54) is 0 Å². The zero-order valence-corrected chi connectivity index (χ0v) is 15.8. The third kappa shape index (κ3) is 5.79. The predicted octanol–water partition coefficient (Wildman–Crippen LogP) is 2.32. The third-order valence-electron chi connectivity index (χ3n) is 3.89. The van der Waals surface area contributed by atoms with Crippen molar-refractivity contribution >= 4 is 17.6 Å². The van der Waals surface area contributed by atoms with Gasteiger partial charge in [-0.15, -0.1) is 6.42 Å². The molecule has 0 saturated heterocycles. The molecule has 0 saturated carbocycles. The Kier molecular flexibility index (Phi) is 7.26. The number of carbonyl (C=O) groups is 1. The van der Waals surface area contributed by atoms with Gasteiger partial charge in [-0.05, 0) is 24.3 Å². The maximum atomic E-state index is 12.2. The number of nitrogens with one attached hydrogen (secondary N) is 2. The van der Waals surface area contributed by atoms with Crippen LogP contribution in [0.1, 0.15) is 11.1 Å². The summed E-state index contributed by atoms with van der Waals surface area (Å²) in [6.45, 7) is 0.679. The number of hydrogen-bond acceptors (Lipinski definition) is 3. The summed E-state index contributed by atoms with van der Waals surface area (Å²) in [6, 6.07) is 14.9. The molecule has 2 aromatic rings. The van der Waals surface area contributed by atoms with Crippen molar-refractivity contribution in [1.82, 2.24) is 10.2 Å². The Hall–Kier alpha value is -3.46. The van der Waals surface area contributed by atoms with Crippen LogP contribution in [-0.2, 0) is 11.3 Å². The molecule has 6 nitrogen and oxygen atoms in total. The molecule has 0 spiro atoms. The summed E-state index contributed by atoms with van der Waals surface area (Å²) in [4.78, 5) is 18.3. The first-order valence-corrected chi connectivity index (χ1v) is 8.47. The van der Waals surface area contributed by atoms with Gasteiger partial charge in [0.25, 0.3) is 0 Å². The van der Waals surface area contributed by atoms with Crippen molar-refractivity contribution in [3.8, 4) is 18.1 Å². The standard InChI is InChI=1S/C21H24N4O2/c1-5-16-9-8-11-18(13-16)24-20(26)14-23-21(22-2)25(3)15-17-10-6-7-12-19(17)27-4/h1,6-13H,14-15H2,2-4H3,(H,22,23)(H,24,26). The summed E-state index contributed by atoms with van der Waals surface area (Å²) in [7, 11) is 5.22. The number of nitrogens with zero attached hydrogens (tertiary/aromatic N) is 2. The molecule has 1 amide bonds. The van der Waals surface area contributed by atoms with E-state index < -0.39 is 0 Å². The van der Waals surface area contributed by atoms with Crippen LogP contribution in [0.4, 0.5) is 5.69 Å². The molecular weight excluding hydrogens is 340 g/mol. The van der Waals surface area contributed by atoms with E-state index in [1.54, 1.807) is 32.4 Å². The van der Waals surface area contributed by atoms with Crippen LogP contribution in [0.2, 0.25) is 0 Å². The van der Waals surface area contributed by atoms with Crippen molar-refractivity contribution in [3.05, 3.63) is 59.7 Å². The molecule has 2 aromatic carbocycles. The first-order valence-electron chi connectivity index (χ1n) is 8.47. The average molecular weight is 364 g/mol. The SMILES string of the molecule is C#Cc1cccc(NC(=O)CNC(=NC)N(C)Cc2ccccc2OC)c1. The van der Waals surface area contributed by atoms with Gasteiger partial charge in [-0.25, -0.2) is 0 Å². The molecule has 2 rings (SSSR count). The molecule has 0 aliphatic carbocycles. The molecule has 0 atom stereocenters. The van der Waals surface area contributed by atoms with Crippen LogP contribution in [0.5, 0.6) is 5.75 Å². The largest absolute Gasteiger partial charge is 0.496 e. The number of anilines is 1. The molecule has 0 radical (unpaired) electrons. The molecule has 0 aromatic heterocycles. The number of methoxy groups -OCH3 is 1. The highest BCUT2D eigenvalue weighted by Gasteiger charge is 2.11. The van der Waals surface area contributed by atoms with Crippen molar-refractivity contribution in [1.29, 1.82) is 0 Å². The Balaban J connectivity index is 1.92. The fourth-order valence-corrected chi connectivity index (χ4v) is 2.60. The van der Waals surface area contributed by atoms with Crippen LogP contribution in [0, 0.1) is 12.3 Å². The Labute approximate surface area is 160 Å². The van der Waals surface area contributed by atoms with E-state index in [1.807, 2.05) is 42.3 Å². The van der Waals surface area contributed by atoms with Crippen LogP contribution in [-0.4, -0.2) is 44.5 Å². The van der Waals surface area contributed by atoms with Crippen molar-refractivity contribution in [2.45, 2.75) is 6.54 Å². The van der Waals surface area contributed by atoms with E-state index in [0.29, 0.717) is 23.8 Å². The van der Waals surface area contributed by atoms with Crippen molar-refractivity contribution < 1.29 is 9.53 Å². The third-order valence-corrected chi connectivity index (χ3v) is 3.89. The number of guanidine groups is 1. The second-order valence-corrected chi connectivity index (χ2v) is 5.84. The predicted molar refractivity (Wildman–Crippen MR) is 109 cm³/mol. The molecule has 0 unspecified atom stereocenters. The van der Waals surface area contributed by atoms with Crippen molar-refractivity contribution in [3.63, 3.8) is 0 Å². The minimum Gasteiger partial charge on any atom is -0.496 e. The molecule has 2 N–H and O–H groups in total. The quantitative estimate of drug-likeness (QED) is 0.469. The lowest BCUT2D eigenvalue weighted by atomic mass is 10.2. The zero-order valence-electron chi connectivity index (χ0n) is 15.8. The second kappa shape index (κ2) is 9.88. The first-order chi connectivity index (χ1) is 13.1. The monoisotopic (exact) mass is 364 g/mol. The summed E-state index contributed by atoms with van der Waals surface area (Å²) >= 11 is 0. The highest BCUT2D eigenvalue weighted by molar-refractivity contribution is 5.95. The summed E-state index contributed by atoms with van der Waals surface area (Å²) in [5.41, 5.74) is 2.41. The van der Waals surface area contributed by atoms with Crippen LogP contribution in [0.15, 0.2) is 53.5 Å². The molecule has 0 aliphatic rings. The topological polar surface area (TPSA) is 66.0 Å². The molecular formula is C21H24N4O2. The van der Waals surface area contributed by atoms with E-state index in [2.05, 4.69) is 21.5 Å². The van der Waals surface area contributed by atoms with Crippen molar-refractivity contribution in [2.75, 3.05) is 33.1 Å². The highest BCUT2D eigenvalue weighted by Crippen LogP contribution is 2.18. The smallest absolute Gasteiger partial charge is 0.243 e. The molecule has 0 heterocycles. The number of amides is 1. The molecule has 27 heavy (non-hydrogen) atoms. The molecule has 0 fully saturated rings. The number of benzene rings is 2. The number of para-hydroxylation sites is 1. The van der Waals surface area contributed by atoms with Gasteiger partial charge in [0, 0.05) is 37.5 Å². The molecule has 140 valence electrons. The maximum absolute atomic E-state index is 12.2. The number of ether oxygens (including phenoxy) is 1. The lowest BCUT2D eigenvalue weighted by Gasteiger charge is -2.23. The molecule has 6 heteroatoms. The molecule has 0 bridgehead atoms. The fraction of sp³-hybridized carbons (Fsp3) is 0.238. The zero-order chi connectivity index (χ0) is 19.6. The van der Waals surface area contributed by atoms with Gasteiger partial charge in [0.2, 0.25) is 5.91 Å². The lowest BCUT2D eigenvalue weighted by molar-refractivity contribution is -0.115. The van der Waals surface area contributed by atoms with Gasteiger partial charge in [0.1, 0.15) is 5.75 Å². The number of rotatable bonds is 6. The second-order valence-electron chi connectivity index (χ2n) is 5.84.